The molecule has 0 radical (unpaired) electrons. The number of ether oxygens (including phenoxy) is 1. The molecule has 13 rings (SSSR count). The van der Waals surface area contributed by atoms with Gasteiger partial charge in [0.15, 0.2) is 5.75 Å². The van der Waals surface area contributed by atoms with Crippen LogP contribution in [-0.4, -0.2) is 6.85 Å². The van der Waals surface area contributed by atoms with E-state index in [0.717, 1.165) is 100 Å². The van der Waals surface area contributed by atoms with Crippen molar-refractivity contribution in [2.75, 3.05) is 9.71 Å². The SMILES string of the molecule is CC(C)(C)c1ccc(N2c3cc4c(cc3B3c5c2cc2c(oc6ccccc62)c5-c2cccc5c2N3c2ccccc2O5)oc2ccccc24)c(-c2ccccc2)c1. The van der Waals surface area contributed by atoms with Crippen LogP contribution in [-0.2, 0) is 5.41 Å². The van der Waals surface area contributed by atoms with E-state index in [4.69, 9.17) is 13.6 Å². The van der Waals surface area contributed by atoms with E-state index in [2.05, 4.69) is 182 Å². The number of nitrogens with zero attached hydrogens (tertiary/aromatic N) is 2. The molecule has 0 bridgehead atoms. The summed E-state index contributed by atoms with van der Waals surface area (Å²) in [6.07, 6.45) is 0. The van der Waals surface area contributed by atoms with Gasteiger partial charge in [-0.25, -0.2) is 0 Å². The van der Waals surface area contributed by atoms with Crippen LogP contribution in [0.4, 0.5) is 28.4 Å². The first kappa shape index (κ1) is 32.0. The Morgan fingerprint density at radius 2 is 1.21 bits per heavy atom. The number of anilines is 5. The van der Waals surface area contributed by atoms with E-state index in [0.29, 0.717) is 0 Å². The second kappa shape index (κ2) is 11.2. The zero-order valence-corrected chi connectivity index (χ0v) is 32.2. The number of fused-ring (bicyclic) bond motifs is 13. The number of hydrogen-bond acceptors (Lipinski definition) is 5. The summed E-state index contributed by atoms with van der Waals surface area (Å²) in [5.74, 6) is 1.66. The Kier molecular flexibility index (Phi) is 6.19. The molecule has 8 aromatic carbocycles. The molecule has 0 N–H and O–H groups in total. The molecule has 3 aliphatic heterocycles. The predicted octanol–water partition coefficient (Wildman–Crippen LogP) is 13.3. The largest absolute Gasteiger partial charge is 0.456 e. The average molecular weight is 747 g/mol. The molecule has 10 aromatic rings. The van der Waals surface area contributed by atoms with E-state index in [1.807, 2.05) is 6.07 Å². The lowest BCUT2D eigenvalue weighted by molar-refractivity contribution is 0.478. The molecular weight excluding hydrogens is 711 g/mol. The molecule has 0 spiro atoms. The van der Waals surface area contributed by atoms with Gasteiger partial charge in [0.05, 0.1) is 17.1 Å². The molecule has 5 heterocycles. The van der Waals surface area contributed by atoms with Crippen molar-refractivity contribution in [3.05, 3.63) is 163 Å². The summed E-state index contributed by atoms with van der Waals surface area (Å²) in [6.45, 7) is 6.63. The summed E-state index contributed by atoms with van der Waals surface area (Å²) in [4.78, 5) is 5.04. The highest BCUT2D eigenvalue weighted by atomic mass is 16.5. The Labute approximate surface area is 335 Å². The van der Waals surface area contributed by atoms with Gasteiger partial charge in [-0.3, -0.25) is 0 Å². The maximum absolute atomic E-state index is 6.96. The minimum Gasteiger partial charge on any atom is -0.456 e. The lowest BCUT2D eigenvalue weighted by Crippen LogP contribution is -2.62. The number of rotatable bonds is 2. The molecule has 0 atom stereocenters. The Bertz CT molecular complexity index is 3390. The van der Waals surface area contributed by atoms with Gasteiger partial charge in [-0.2, -0.15) is 0 Å². The Morgan fingerprint density at radius 3 is 2.03 bits per heavy atom. The molecule has 0 fully saturated rings. The molecule has 0 unspecified atom stereocenters. The molecule has 274 valence electrons. The van der Waals surface area contributed by atoms with Gasteiger partial charge in [0, 0.05) is 49.6 Å². The Hall–Kier alpha value is -7.18. The van der Waals surface area contributed by atoms with Crippen molar-refractivity contribution >= 4 is 90.1 Å². The first-order valence-electron chi connectivity index (χ1n) is 20.0. The summed E-state index contributed by atoms with van der Waals surface area (Å²) in [6, 6.07) is 56.6. The fourth-order valence-corrected chi connectivity index (χ4v) is 9.94. The van der Waals surface area contributed by atoms with E-state index < -0.39 is 0 Å². The van der Waals surface area contributed by atoms with Crippen molar-refractivity contribution in [1.82, 2.24) is 0 Å². The van der Waals surface area contributed by atoms with Gasteiger partial charge in [-0.15, -0.1) is 0 Å². The van der Waals surface area contributed by atoms with Crippen LogP contribution in [0.1, 0.15) is 26.3 Å². The van der Waals surface area contributed by atoms with Crippen molar-refractivity contribution in [2.24, 2.45) is 0 Å². The Morgan fingerprint density at radius 1 is 0.500 bits per heavy atom. The smallest absolute Gasteiger partial charge is 0.333 e. The fourth-order valence-electron chi connectivity index (χ4n) is 9.94. The van der Waals surface area contributed by atoms with Crippen LogP contribution < -0.4 is 25.4 Å². The number of para-hydroxylation sites is 5. The number of furan rings is 2. The zero-order chi connectivity index (χ0) is 38.4. The minimum absolute atomic E-state index is 0.0479. The van der Waals surface area contributed by atoms with Crippen LogP contribution in [0.2, 0.25) is 0 Å². The normalized spacial score (nSPS) is 13.8. The van der Waals surface area contributed by atoms with Gasteiger partial charge in [-0.05, 0) is 88.1 Å². The van der Waals surface area contributed by atoms with Gasteiger partial charge in [-0.1, -0.05) is 118 Å². The zero-order valence-electron chi connectivity index (χ0n) is 32.2. The molecule has 2 aromatic heterocycles. The standard InChI is InChI=1S/C52H35BN2O3/c1-52(2,3)31-24-25-39(35(26-31)30-14-5-4-6-15-30)54-41-27-36-32-16-7-10-20-43(32)56-47(36)29-38(41)53-49-42(54)28-37-33-17-8-11-21-44(33)58-51(37)48(49)34-18-13-23-46-50(34)55(53)40-19-9-12-22-45(40)57-46/h4-29H,1-3H3. The maximum atomic E-state index is 6.96. The molecule has 58 heavy (non-hydrogen) atoms. The summed E-state index contributed by atoms with van der Waals surface area (Å²) in [5.41, 5.74) is 17.0. The minimum atomic E-state index is -0.237. The van der Waals surface area contributed by atoms with Crippen molar-refractivity contribution < 1.29 is 13.6 Å². The summed E-state index contributed by atoms with van der Waals surface area (Å²) in [5, 5.41) is 4.37. The molecule has 0 saturated heterocycles. The van der Waals surface area contributed by atoms with Crippen molar-refractivity contribution in [3.63, 3.8) is 0 Å². The van der Waals surface area contributed by atoms with Gasteiger partial charge in [0.1, 0.15) is 28.1 Å². The lowest BCUT2D eigenvalue weighted by Gasteiger charge is -2.47. The first-order chi connectivity index (χ1) is 28.4. The lowest BCUT2D eigenvalue weighted by atomic mass is 9.43. The van der Waals surface area contributed by atoms with Crippen molar-refractivity contribution in [2.45, 2.75) is 26.2 Å². The second-order valence-electron chi connectivity index (χ2n) is 16.8. The molecule has 0 saturated carbocycles. The van der Waals surface area contributed by atoms with E-state index in [9.17, 15) is 0 Å². The van der Waals surface area contributed by atoms with Crippen LogP contribution in [0.15, 0.2) is 167 Å². The molecular formula is C52H35BN2O3. The highest BCUT2D eigenvalue weighted by molar-refractivity contribution is 6.94. The first-order valence-corrected chi connectivity index (χ1v) is 20.0. The third-order valence-corrected chi connectivity index (χ3v) is 12.6. The quantitative estimate of drug-likeness (QED) is 0.165. The fraction of sp³-hybridized carbons (Fsp3) is 0.0769. The van der Waals surface area contributed by atoms with E-state index in [1.54, 1.807) is 0 Å². The number of hydrogen-bond donors (Lipinski definition) is 0. The van der Waals surface area contributed by atoms with E-state index in [-0.39, 0.29) is 12.3 Å². The second-order valence-corrected chi connectivity index (χ2v) is 16.8. The van der Waals surface area contributed by atoms with Crippen LogP contribution in [0.3, 0.4) is 0 Å². The highest BCUT2D eigenvalue weighted by Crippen LogP contribution is 2.57. The molecule has 0 aliphatic carbocycles. The van der Waals surface area contributed by atoms with E-state index >= 15 is 0 Å². The summed E-state index contributed by atoms with van der Waals surface area (Å²) in [7, 11) is 0. The van der Waals surface area contributed by atoms with Crippen molar-refractivity contribution in [1.29, 1.82) is 0 Å². The van der Waals surface area contributed by atoms with Gasteiger partial charge >= 0.3 is 6.85 Å². The highest BCUT2D eigenvalue weighted by Gasteiger charge is 2.49. The average Bonchev–Trinajstić information content (AvgIpc) is 3.81. The van der Waals surface area contributed by atoms with Gasteiger partial charge < -0.3 is 23.3 Å². The maximum Gasteiger partial charge on any atom is 0.333 e. The molecule has 5 nitrogen and oxygen atoms in total. The molecule has 3 aliphatic rings. The monoisotopic (exact) mass is 746 g/mol. The van der Waals surface area contributed by atoms with Crippen LogP contribution in [0.25, 0.3) is 66.1 Å². The third-order valence-electron chi connectivity index (χ3n) is 12.6. The summed E-state index contributed by atoms with van der Waals surface area (Å²) >= 11 is 0. The van der Waals surface area contributed by atoms with E-state index in [1.165, 1.54) is 22.2 Å². The topological polar surface area (TPSA) is 42.0 Å². The predicted molar refractivity (Wildman–Crippen MR) is 239 cm³/mol. The third kappa shape index (κ3) is 4.21. The van der Waals surface area contributed by atoms with Crippen LogP contribution in [0, 0.1) is 0 Å². The number of benzene rings is 8. The Balaban J connectivity index is 1.24. The van der Waals surface area contributed by atoms with Gasteiger partial charge in [0.2, 0.25) is 0 Å². The molecule has 0 amide bonds. The summed E-state index contributed by atoms with van der Waals surface area (Å²) < 4.78 is 20.4. The van der Waals surface area contributed by atoms with Crippen molar-refractivity contribution in [3.8, 4) is 33.8 Å². The molecule has 6 heteroatoms. The van der Waals surface area contributed by atoms with Crippen LogP contribution in [0.5, 0.6) is 11.5 Å². The van der Waals surface area contributed by atoms with Crippen LogP contribution >= 0.6 is 0 Å². The van der Waals surface area contributed by atoms with Gasteiger partial charge in [0.25, 0.3) is 0 Å².